The fourth-order valence-electron chi connectivity index (χ4n) is 2.88. The van der Waals surface area contributed by atoms with Crippen LogP contribution in [0.3, 0.4) is 0 Å². The molecular formula is C17H25NO4S. The maximum Gasteiger partial charge on any atom is 0.211 e. The summed E-state index contributed by atoms with van der Waals surface area (Å²) in [6.07, 6.45) is 3.39. The molecule has 0 radical (unpaired) electrons. The van der Waals surface area contributed by atoms with Crippen LogP contribution in [0.4, 0.5) is 0 Å². The lowest BCUT2D eigenvalue weighted by Crippen LogP contribution is -2.48. The Morgan fingerprint density at radius 3 is 2.61 bits per heavy atom. The highest BCUT2D eigenvalue weighted by atomic mass is 32.2. The van der Waals surface area contributed by atoms with Crippen LogP contribution in [-0.2, 0) is 14.8 Å². The molecule has 2 aliphatic rings. The smallest absolute Gasteiger partial charge is 0.211 e. The van der Waals surface area contributed by atoms with Crippen molar-refractivity contribution in [1.82, 2.24) is 4.72 Å². The van der Waals surface area contributed by atoms with Gasteiger partial charge in [-0.15, -0.1) is 0 Å². The molecule has 5 nitrogen and oxygen atoms in total. The van der Waals surface area contributed by atoms with Crippen molar-refractivity contribution >= 4 is 10.0 Å². The molecule has 0 amide bonds. The summed E-state index contributed by atoms with van der Waals surface area (Å²) in [5.74, 6) is 1.80. The molecule has 0 aromatic heterocycles. The van der Waals surface area contributed by atoms with Crippen molar-refractivity contribution in [3.63, 3.8) is 0 Å². The second kappa shape index (κ2) is 7.20. The van der Waals surface area contributed by atoms with Crippen molar-refractivity contribution in [2.75, 3.05) is 25.6 Å². The van der Waals surface area contributed by atoms with Crippen LogP contribution in [0.5, 0.6) is 5.75 Å². The summed E-state index contributed by atoms with van der Waals surface area (Å²) in [6.45, 7) is 3.20. The van der Waals surface area contributed by atoms with E-state index in [-0.39, 0.29) is 17.7 Å². The van der Waals surface area contributed by atoms with E-state index in [9.17, 15) is 8.42 Å². The van der Waals surface area contributed by atoms with Crippen LogP contribution in [0.25, 0.3) is 0 Å². The number of hydrogen-bond acceptors (Lipinski definition) is 4. The van der Waals surface area contributed by atoms with Gasteiger partial charge >= 0.3 is 0 Å². The van der Waals surface area contributed by atoms with Crippen molar-refractivity contribution in [1.29, 1.82) is 0 Å². The summed E-state index contributed by atoms with van der Waals surface area (Å²) in [5.41, 5.74) is 1.39. The maximum absolute atomic E-state index is 11.8. The van der Waals surface area contributed by atoms with Crippen molar-refractivity contribution in [3.8, 4) is 5.75 Å². The van der Waals surface area contributed by atoms with Gasteiger partial charge in [-0.3, -0.25) is 0 Å². The van der Waals surface area contributed by atoms with E-state index >= 15 is 0 Å². The topological polar surface area (TPSA) is 64.6 Å². The lowest BCUT2D eigenvalue weighted by molar-refractivity contribution is 0.0274. The first-order valence-electron chi connectivity index (χ1n) is 8.38. The molecule has 1 aromatic carbocycles. The van der Waals surface area contributed by atoms with Crippen LogP contribution in [0.2, 0.25) is 0 Å². The Balaban J connectivity index is 1.56. The number of benzene rings is 1. The zero-order chi connectivity index (χ0) is 16.3. The van der Waals surface area contributed by atoms with E-state index in [1.54, 1.807) is 6.92 Å². The van der Waals surface area contributed by atoms with Crippen LogP contribution in [0, 0.1) is 5.92 Å². The zero-order valence-electron chi connectivity index (χ0n) is 13.5. The van der Waals surface area contributed by atoms with E-state index < -0.39 is 10.0 Å². The SMILES string of the molecule is CCS(=O)(=O)NC1COCCC1COc1ccc(C2CC2)cc1. The summed E-state index contributed by atoms with van der Waals surface area (Å²) in [4.78, 5) is 0. The molecule has 0 bridgehead atoms. The fourth-order valence-corrected chi connectivity index (χ4v) is 3.77. The van der Waals surface area contributed by atoms with Gasteiger partial charge in [0, 0.05) is 12.5 Å². The van der Waals surface area contributed by atoms with Crippen LogP contribution in [0.15, 0.2) is 24.3 Å². The van der Waals surface area contributed by atoms with Gasteiger partial charge in [0.15, 0.2) is 0 Å². The van der Waals surface area contributed by atoms with E-state index in [2.05, 4.69) is 16.9 Å². The average molecular weight is 339 g/mol. The summed E-state index contributed by atoms with van der Waals surface area (Å²) < 4.78 is 37.6. The minimum Gasteiger partial charge on any atom is -0.493 e. The van der Waals surface area contributed by atoms with Crippen LogP contribution >= 0.6 is 0 Å². The molecule has 2 atom stereocenters. The van der Waals surface area contributed by atoms with Gasteiger partial charge < -0.3 is 9.47 Å². The van der Waals surface area contributed by atoms with E-state index in [0.29, 0.717) is 19.8 Å². The standard InChI is InChI=1S/C17H25NO4S/c1-2-23(19,20)18-17-12-21-10-9-15(17)11-22-16-7-5-14(6-8-16)13-3-4-13/h5-8,13,15,17-18H,2-4,9-12H2,1H3. The van der Waals surface area contributed by atoms with Crippen molar-refractivity contribution in [3.05, 3.63) is 29.8 Å². The molecule has 1 saturated heterocycles. The predicted molar refractivity (Wildman–Crippen MR) is 89.2 cm³/mol. The molecule has 6 heteroatoms. The zero-order valence-corrected chi connectivity index (χ0v) is 14.3. The molecule has 1 aromatic rings. The molecule has 1 N–H and O–H groups in total. The minimum atomic E-state index is -3.23. The lowest BCUT2D eigenvalue weighted by atomic mass is 9.97. The molecular weight excluding hydrogens is 314 g/mol. The third-order valence-electron chi connectivity index (χ3n) is 4.60. The van der Waals surface area contributed by atoms with Crippen molar-refractivity contribution in [2.24, 2.45) is 5.92 Å². The second-order valence-corrected chi connectivity index (χ2v) is 8.45. The molecule has 0 spiro atoms. The molecule has 3 rings (SSSR count). The summed E-state index contributed by atoms with van der Waals surface area (Å²) in [5, 5.41) is 0. The highest BCUT2D eigenvalue weighted by Crippen LogP contribution is 2.40. The van der Waals surface area contributed by atoms with Crippen molar-refractivity contribution < 1.29 is 17.9 Å². The Morgan fingerprint density at radius 2 is 1.96 bits per heavy atom. The second-order valence-electron chi connectivity index (χ2n) is 6.41. The van der Waals surface area contributed by atoms with Gasteiger partial charge in [0.1, 0.15) is 5.75 Å². The Morgan fingerprint density at radius 1 is 1.22 bits per heavy atom. The molecule has 1 heterocycles. The Bertz CT molecular complexity index is 610. The van der Waals surface area contributed by atoms with Crippen LogP contribution < -0.4 is 9.46 Å². The van der Waals surface area contributed by atoms with Gasteiger partial charge in [-0.25, -0.2) is 13.1 Å². The number of hydrogen-bond donors (Lipinski definition) is 1. The summed E-state index contributed by atoms with van der Waals surface area (Å²) >= 11 is 0. The normalized spacial score (nSPS) is 25.3. The number of rotatable bonds is 7. The van der Waals surface area contributed by atoms with E-state index in [1.807, 2.05) is 12.1 Å². The van der Waals surface area contributed by atoms with Gasteiger partial charge in [-0.1, -0.05) is 12.1 Å². The largest absolute Gasteiger partial charge is 0.493 e. The Labute approximate surface area is 138 Å². The van der Waals surface area contributed by atoms with Crippen molar-refractivity contribution in [2.45, 2.75) is 38.1 Å². The third-order valence-corrected chi connectivity index (χ3v) is 6.03. The monoisotopic (exact) mass is 339 g/mol. The van der Waals surface area contributed by atoms with E-state index in [0.717, 1.165) is 18.1 Å². The van der Waals surface area contributed by atoms with Crippen LogP contribution in [0.1, 0.15) is 37.7 Å². The first-order chi connectivity index (χ1) is 11.1. The first-order valence-corrected chi connectivity index (χ1v) is 10.0. The van der Waals surface area contributed by atoms with Gasteiger partial charge in [0.2, 0.25) is 10.0 Å². The minimum absolute atomic E-state index is 0.0830. The number of nitrogens with one attached hydrogen (secondary N) is 1. The molecule has 1 aliphatic heterocycles. The quantitative estimate of drug-likeness (QED) is 0.828. The van der Waals surface area contributed by atoms with Gasteiger partial charge in [0.25, 0.3) is 0 Å². The molecule has 128 valence electrons. The Hall–Kier alpha value is -1.11. The molecule has 23 heavy (non-hydrogen) atoms. The third kappa shape index (κ3) is 4.68. The highest BCUT2D eigenvalue weighted by Gasteiger charge is 2.29. The van der Waals surface area contributed by atoms with E-state index in [4.69, 9.17) is 9.47 Å². The predicted octanol–water partition coefficient (Wildman–Crippen LogP) is 2.29. The maximum atomic E-state index is 11.8. The average Bonchev–Trinajstić information content (AvgIpc) is 3.39. The Kier molecular flexibility index (Phi) is 5.24. The summed E-state index contributed by atoms with van der Waals surface area (Å²) in [7, 11) is -3.23. The molecule has 1 saturated carbocycles. The number of ether oxygens (including phenoxy) is 2. The first kappa shape index (κ1) is 16.7. The van der Waals surface area contributed by atoms with E-state index in [1.165, 1.54) is 18.4 Å². The molecule has 2 fully saturated rings. The molecule has 2 unspecified atom stereocenters. The lowest BCUT2D eigenvalue weighted by Gasteiger charge is -2.31. The molecule has 1 aliphatic carbocycles. The van der Waals surface area contributed by atoms with Gasteiger partial charge in [-0.05, 0) is 49.8 Å². The summed E-state index contributed by atoms with van der Waals surface area (Å²) in [6, 6.07) is 8.08. The van der Waals surface area contributed by atoms with Gasteiger partial charge in [-0.2, -0.15) is 0 Å². The fraction of sp³-hybridized carbons (Fsp3) is 0.647. The highest BCUT2D eigenvalue weighted by molar-refractivity contribution is 7.89. The van der Waals surface area contributed by atoms with Crippen LogP contribution in [-0.4, -0.2) is 40.0 Å². The van der Waals surface area contributed by atoms with Gasteiger partial charge in [0.05, 0.1) is 25.0 Å². The number of sulfonamides is 1.